The van der Waals surface area contributed by atoms with Crippen molar-refractivity contribution in [1.82, 2.24) is 4.98 Å². The van der Waals surface area contributed by atoms with Crippen molar-refractivity contribution in [2.45, 2.75) is 21.0 Å². The van der Waals surface area contributed by atoms with Gasteiger partial charge in [0.15, 0.2) is 11.9 Å². The summed E-state index contributed by atoms with van der Waals surface area (Å²) < 4.78 is 16.8. The van der Waals surface area contributed by atoms with Gasteiger partial charge in [-0.3, -0.25) is 4.79 Å². The highest BCUT2D eigenvalue weighted by molar-refractivity contribution is 5.98. The number of rotatable bonds is 9. The first-order chi connectivity index (χ1) is 20.0. The zero-order chi connectivity index (χ0) is 29.1. The molecule has 212 valence electrons. The van der Waals surface area contributed by atoms with Crippen molar-refractivity contribution in [3.8, 4) is 40.1 Å². The van der Waals surface area contributed by atoms with Gasteiger partial charge in [-0.15, -0.1) is 0 Å². The van der Waals surface area contributed by atoms with Crippen LogP contribution < -0.4 is 14.8 Å². The number of aliphatic hydroxyl groups excluding tert-OH is 1. The molecule has 9 heteroatoms. The molecule has 0 aliphatic carbocycles. The van der Waals surface area contributed by atoms with Crippen LogP contribution in [0.4, 0.5) is 11.4 Å². The maximum absolute atomic E-state index is 11.6. The molecule has 5 rings (SSSR count). The molecular formula is C33H30N4O5. The third-order valence-corrected chi connectivity index (χ3v) is 6.90. The van der Waals surface area contributed by atoms with Crippen LogP contribution in [0.1, 0.15) is 40.0 Å². The van der Waals surface area contributed by atoms with Crippen LogP contribution in [-0.2, 0) is 6.61 Å². The topological polar surface area (TPSA) is 141 Å². The number of aliphatic hydroxyl groups is 1. The summed E-state index contributed by atoms with van der Waals surface area (Å²) in [6, 6.07) is 20.2. The normalized spacial score (nSPS) is 10.5. The van der Waals surface area contributed by atoms with Gasteiger partial charge in [0.1, 0.15) is 23.1 Å². The third-order valence-electron chi connectivity index (χ3n) is 6.90. The highest BCUT2D eigenvalue weighted by Gasteiger charge is 2.19. The number of hydrogen-bond acceptors (Lipinski definition) is 9. The Kier molecular flexibility index (Phi) is 8.70. The van der Waals surface area contributed by atoms with Crippen molar-refractivity contribution in [1.29, 1.82) is 10.7 Å². The van der Waals surface area contributed by atoms with Gasteiger partial charge in [-0.05, 0) is 53.4 Å². The second-order valence-electron chi connectivity index (χ2n) is 9.21. The Bertz CT molecular complexity index is 1830. The number of nitrogens with one attached hydrogen (secondary N) is 2. The lowest BCUT2D eigenvalue weighted by molar-refractivity contribution is 0.111. The molecule has 1 aromatic heterocycles. The van der Waals surface area contributed by atoms with Crippen LogP contribution in [0.25, 0.3) is 33.7 Å². The zero-order valence-corrected chi connectivity index (χ0v) is 22.6. The fraction of sp³-hybridized carbons (Fsp3) is 0.152. The minimum absolute atomic E-state index is 0. The van der Waals surface area contributed by atoms with Crippen LogP contribution in [0.15, 0.2) is 65.1 Å². The molecule has 9 nitrogen and oxygen atoms in total. The molecule has 0 fully saturated rings. The number of methoxy groups -OCH3 is 2. The van der Waals surface area contributed by atoms with E-state index in [-0.39, 0.29) is 14.0 Å². The number of carbonyl (C=O) groups excluding carboxylic acids is 1. The van der Waals surface area contributed by atoms with Gasteiger partial charge in [-0.1, -0.05) is 31.7 Å². The molecule has 1 heterocycles. The lowest BCUT2D eigenvalue weighted by Crippen LogP contribution is -2.01. The standard InChI is InChI=1S/C32H26N4O5.CH4/c1-18-22(6-4-7-23(18)32-36-28-11-19(16-37)10-20(14-33)31(28)41-32)24-8-5-9-27(25(24)15-34)35-21-12-29(39-2)26(17-38)30(13-21)40-3;/h4-13,15,17,34-35,37H,16H2,1-3H3;1H4. The van der Waals surface area contributed by atoms with Crippen LogP contribution in [0.5, 0.6) is 11.5 Å². The van der Waals surface area contributed by atoms with E-state index in [1.165, 1.54) is 20.4 Å². The van der Waals surface area contributed by atoms with Crippen LogP contribution in [0.2, 0.25) is 0 Å². The van der Waals surface area contributed by atoms with Crippen molar-refractivity contribution >= 4 is 35.0 Å². The first-order valence-electron chi connectivity index (χ1n) is 12.6. The molecule has 0 saturated carbocycles. The molecule has 3 N–H and O–H groups in total. The predicted octanol–water partition coefficient (Wildman–Crippen LogP) is 7.04. The van der Waals surface area contributed by atoms with Crippen molar-refractivity contribution in [2.24, 2.45) is 0 Å². The lowest BCUT2D eigenvalue weighted by atomic mass is 9.92. The molecule has 0 aliphatic heterocycles. The maximum atomic E-state index is 11.6. The molecular weight excluding hydrogens is 532 g/mol. The number of hydrogen-bond donors (Lipinski definition) is 3. The Morgan fingerprint density at radius 2 is 1.69 bits per heavy atom. The van der Waals surface area contributed by atoms with Crippen LogP contribution >= 0.6 is 0 Å². The average Bonchev–Trinajstić information content (AvgIpc) is 3.44. The van der Waals surface area contributed by atoms with Gasteiger partial charge < -0.3 is 29.7 Å². The van der Waals surface area contributed by atoms with Gasteiger partial charge in [-0.2, -0.15) is 5.26 Å². The fourth-order valence-electron chi connectivity index (χ4n) is 4.89. The van der Waals surface area contributed by atoms with E-state index in [1.54, 1.807) is 24.3 Å². The Morgan fingerprint density at radius 1 is 1.02 bits per heavy atom. The van der Waals surface area contributed by atoms with Crippen LogP contribution in [0, 0.1) is 23.7 Å². The van der Waals surface area contributed by atoms with Gasteiger partial charge in [0.05, 0.1) is 32.0 Å². The summed E-state index contributed by atoms with van der Waals surface area (Å²) in [5.41, 5.74) is 7.27. The number of anilines is 2. The second-order valence-corrected chi connectivity index (χ2v) is 9.21. The Hall–Kier alpha value is -5.46. The maximum Gasteiger partial charge on any atom is 0.227 e. The predicted molar refractivity (Wildman–Crippen MR) is 163 cm³/mol. The fourth-order valence-corrected chi connectivity index (χ4v) is 4.89. The summed E-state index contributed by atoms with van der Waals surface area (Å²) in [5, 5.41) is 30.7. The highest BCUT2D eigenvalue weighted by Crippen LogP contribution is 2.38. The number of aldehydes is 1. The Morgan fingerprint density at radius 3 is 2.31 bits per heavy atom. The molecule has 0 saturated heterocycles. The van der Waals surface area contributed by atoms with Gasteiger partial charge in [0.2, 0.25) is 5.89 Å². The molecule has 0 amide bonds. The monoisotopic (exact) mass is 562 g/mol. The Labute approximate surface area is 243 Å². The van der Waals surface area contributed by atoms with Gasteiger partial charge in [-0.25, -0.2) is 4.98 Å². The molecule has 4 aromatic carbocycles. The Balaban J connectivity index is 0.00000405. The summed E-state index contributed by atoms with van der Waals surface area (Å²) in [6.45, 7) is 1.74. The van der Waals surface area contributed by atoms with E-state index < -0.39 is 0 Å². The van der Waals surface area contributed by atoms with Gasteiger partial charge >= 0.3 is 0 Å². The van der Waals surface area contributed by atoms with Crippen molar-refractivity contribution in [3.63, 3.8) is 0 Å². The number of ether oxygens (including phenoxy) is 2. The first kappa shape index (κ1) is 29.5. The summed E-state index contributed by atoms with van der Waals surface area (Å²) in [7, 11) is 2.96. The number of fused-ring (bicyclic) bond motifs is 1. The van der Waals surface area contributed by atoms with Crippen molar-refractivity contribution < 1.29 is 23.8 Å². The molecule has 42 heavy (non-hydrogen) atoms. The number of nitrogens with zero attached hydrogens (tertiary/aromatic N) is 2. The van der Waals surface area contributed by atoms with Crippen LogP contribution in [-0.4, -0.2) is 36.8 Å². The van der Waals surface area contributed by atoms with E-state index in [0.717, 1.165) is 22.3 Å². The SMILES string of the molecule is C.COc1cc(Nc2cccc(-c3cccc(-c4nc5cc(CO)cc(C#N)c5o4)c3C)c2C=N)cc(OC)c1C=O. The number of carbonyl (C=O) groups is 1. The highest BCUT2D eigenvalue weighted by atomic mass is 16.5. The summed E-state index contributed by atoms with van der Waals surface area (Å²) in [6.07, 6.45) is 1.97. The van der Waals surface area contributed by atoms with E-state index in [9.17, 15) is 15.2 Å². The molecule has 0 aliphatic rings. The smallest absolute Gasteiger partial charge is 0.227 e. The van der Waals surface area contributed by atoms with Gasteiger partial charge in [0, 0.05) is 40.8 Å². The number of nitriles is 1. The zero-order valence-electron chi connectivity index (χ0n) is 22.6. The molecule has 0 spiro atoms. The second kappa shape index (κ2) is 12.4. The molecule has 0 radical (unpaired) electrons. The number of oxazole rings is 1. The molecule has 0 unspecified atom stereocenters. The van der Waals surface area contributed by atoms with E-state index in [0.29, 0.717) is 68.4 Å². The average molecular weight is 563 g/mol. The summed E-state index contributed by atoms with van der Waals surface area (Å²) >= 11 is 0. The minimum Gasteiger partial charge on any atom is -0.496 e. The van der Waals surface area contributed by atoms with E-state index in [1.807, 2.05) is 43.3 Å². The van der Waals surface area contributed by atoms with Crippen molar-refractivity contribution in [3.05, 3.63) is 88.5 Å². The molecule has 0 bridgehead atoms. The minimum atomic E-state index is -0.209. The molecule has 0 atom stereocenters. The van der Waals surface area contributed by atoms with Gasteiger partial charge in [0.25, 0.3) is 0 Å². The van der Waals surface area contributed by atoms with Crippen LogP contribution in [0.3, 0.4) is 0 Å². The van der Waals surface area contributed by atoms with E-state index >= 15 is 0 Å². The van der Waals surface area contributed by atoms with E-state index in [2.05, 4.69) is 16.4 Å². The summed E-state index contributed by atoms with van der Waals surface area (Å²) in [5.74, 6) is 1.08. The van der Waals surface area contributed by atoms with Crippen molar-refractivity contribution in [2.75, 3.05) is 19.5 Å². The number of benzene rings is 4. The van der Waals surface area contributed by atoms with E-state index in [4.69, 9.17) is 19.3 Å². The number of aromatic nitrogens is 1. The largest absolute Gasteiger partial charge is 0.496 e. The first-order valence-corrected chi connectivity index (χ1v) is 12.6. The quantitative estimate of drug-likeness (QED) is 0.128. The lowest BCUT2D eigenvalue weighted by Gasteiger charge is -2.17. The molecule has 5 aromatic rings. The summed E-state index contributed by atoms with van der Waals surface area (Å²) in [4.78, 5) is 16.2. The third kappa shape index (κ3) is 5.19.